The van der Waals surface area contributed by atoms with E-state index in [0.717, 1.165) is 19.5 Å². The third-order valence-corrected chi connectivity index (χ3v) is 4.26. The Morgan fingerprint density at radius 1 is 1.56 bits per heavy atom. The lowest BCUT2D eigenvalue weighted by Gasteiger charge is -2.40. The van der Waals surface area contributed by atoms with Crippen LogP contribution in [-0.4, -0.2) is 50.7 Å². The Hall–Kier alpha value is -0.610. The number of carbonyl (C=O) groups is 1. The van der Waals surface area contributed by atoms with Crippen molar-refractivity contribution in [3.63, 3.8) is 0 Å². The van der Waals surface area contributed by atoms with Gasteiger partial charge in [0, 0.05) is 19.6 Å². The predicted molar refractivity (Wildman–Crippen MR) is 73.5 cm³/mol. The second-order valence-electron chi connectivity index (χ2n) is 5.99. The van der Waals surface area contributed by atoms with Gasteiger partial charge in [0.25, 0.3) is 0 Å². The number of piperidine rings is 1. The molecule has 0 spiro atoms. The molecule has 1 rings (SSSR count). The van der Waals surface area contributed by atoms with Crippen LogP contribution in [0, 0.1) is 11.3 Å². The highest BCUT2D eigenvalue weighted by atomic mass is 16.5. The summed E-state index contributed by atoms with van der Waals surface area (Å²) >= 11 is 0. The Bertz CT molecular complexity index is 273. The first-order valence-electron chi connectivity index (χ1n) is 6.88. The van der Waals surface area contributed by atoms with Crippen molar-refractivity contribution in [2.24, 2.45) is 11.3 Å². The zero-order chi connectivity index (χ0) is 13.8. The Balaban J connectivity index is 2.67. The van der Waals surface area contributed by atoms with Crippen LogP contribution in [0.5, 0.6) is 0 Å². The molecule has 1 N–H and O–H groups in total. The second kappa shape index (κ2) is 6.53. The highest BCUT2D eigenvalue weighted by Crippen LogP contribution is 2.33. The zero-order valence-electron chi connectivity index (χ0n) is 12.5. The van der Waals surface area contributed by atoms with Crippen molar-refractivity contribution in [1.82, 2.24) is 10.2 Å². The Morgan fingerprint density at radius 3 is 2.72 bits per heavy atom. The maximum Gasteiger partial charge on any atom is 0.228 e. The number of rotatable bonds is 5. The topological polar surface area (TPSA) is 41.6 Å². The largest absolute Gasteiger partial charge is 0.383 e. The Kier molecular flexibility index (Phi) is 5.60. The van der Waals surface area contributed by atoms with Crippen LogP contribution in [-0.2, 0) is 9.53 Å². The van der Waals surface area contributed by atoms with E-state index < -0.39 is 0 Å². The summed E-state index contributed by atoms with van der Waals surface area (Å²) in [6, 6.07) is 0.123. The summed E-state index contributed by atoms with van der Waals surface area (Å²) < 4.78 is 5.13. The van der Waals surface area contributed by atoms with Crippen LogP contribution in [0.3, 0.4) is 0 Å². The number of methoxy groups -OCH3 is 1. The van der Waals surface area contributed by atoms with Crippen molar-refractivity contribution in [2.45, 2.75) is 39.7 Å². The number of carbonyl (C=O) groups excluding carboxylic acids is 1. The molecule has 1 amide bonds. The predicted octanol–water partition coefficient (Wildman–Crippen LogP) is 1.51. The molecule has 0 saturated carbocycles. The van der Waals surface area contributed by atoms with Gasteiger partial charge in [-0.3, -0.25) is 4.79 Å². The molecule has 2 atom stereocenters. The van der Waals surface area contributed by atoms with Crippen LogP contribution in [0.2, 0.25) is 0 Å². The van der Waals surface area contributed by atoms with Crippen LogP contribution >= 0.6 is 0 Å². The quantitative estimate of drug-likeness (QED) is 0.810. The molecule has 1 aliphatic heterocycles. The summed E-state index contributed by atoms with van der Waals surface area (Å²) in [4.78, 5) is 14.5. The third-order valence-electron chi connectivity index (χ3n) is 4.26. The molecule has 0 aromatic carbocycles. The van der Waals surface area contributed by atoms with Gasteiger partial charge >= 0.3 is 0 Å². The monoisotopic (exact) mass is 256 g/mol. The fourth-order valence-corrected chi connectivity index (χ4v) is 2.65. The molecule has 0 bridgehead atoms. The first kappa shape index (κ1) is 15.4. The SMILES string of the molecule is COCC(C)N(C)C(=O)C(C)(C)C1CCCNC1. The Labute approximate surface area is 111 Å². The van der Waals surface area contributed by atoms with Crippen molar-refractivity contribution in [3.8, 4) is 0 Å². The van der Waals surface area contributed by atoms with E-state index >= 15 is 0 Å². The molecule has 4 nitrogen and oxygen atoms in total. The molecule has 1 heterocycles. The molecule has 1 saturated heterocycles. The van der Waals surface area contributed by atoms with E-state index in [-0.39, 0.29) is 17.4 Å². The van der Waals surface area contributed by atoms with Gasteiger partial charge in [-0.05, 0) is 38.8 Å². The van der Waals surface area contributed by atoms with Gasteiger partial charge in [-0.1, -0.05) is 13.8 Å². The summed E-state index contributed by atoms with van der Waals surface area (Å²) in [6.07, 6.45) is 2.30. The van der Waals surface area contributed by atoms with E-state index in [4.69, 9.17) is 4.74 Å². The first-order chi connectivity index (χ1) is 8.41. The third kappa shape index (κ3) is 3.45. The number of amides is 1. The lowest BCUT2D eigenvalue weighted by molar-refractivity contribution is -0.145. The van der Waals surface area contributed by atoms with Crippen LogP contribution in [0.4, 0.5) is 0 Å². The van der Waals surface area contributed by atoms with Crippen molar-refractivity contribution >= 4 is 5.91 Å². The molecular formula is C14H28N2O2. The van der Waals surface area contributed by atoms with Crippen LogP contribution < -0.4 is 5.32 Å². The number of nitrogens with zero attached hydrogens (tertiary/aromatic N) is 1. The standard InChI is InChI=1S/C14H28N2O2/c1-11(10-18-5)16(4)13(17)14(2,3)12-7-6-8-15-9-12/h11-12,15H,6-10H2,1-5H3. The van der Waals surface area contributed by atoms with Gasteiger partial charge in [-0.25, -0.2) is 0 Å². The van der Waals surface area contributed by atoms with Gasteiger partial charge in [0.15, 0.2) is 0 Å². The summed E-state index contributed by atoms with van der Waals surface area (Å²) in [7, 11) is 3.55. The van der Waals surface area contributed by atoms with E-state index in [0.29, 0.717) is 12.5 Å². The number of ether oxygens (including phenoxy) is 1. The molecule has 2 unspecified atom stereocenters. The Morgan fingerprint density at radius 2 is 2.22 bits per heavy atom. The average molecular weight is 256 g/mol. The number of hydrogen-bond acceptors (Lipinski definition) is 3. The van der Waals surface area contributed by atoms with E-state index in [9.17, 15) is 4.79 Å². The van der Waals surface area contributed by atoms with Gasteiger partial charge in [0.1, 0.15) is 0 Å². The van der Waals surface area contributed by atoms with E-state index in [1.54, 1.807) is 7.11 Å². The molecule has 0 radical (unpaired) electrons. The van der Waals surface area contributed by atoms with Gasteiger partial charge in [-0.2, -0.15) is 0 Å². The van der Waals surface area contributed by atoms with Gasteiger partial charge in [0.2, 0.25) is 5.91 Å². The van der Waals surface area contributed by atoms with E-state index in [1.165, 1.54) is 6.42 Å². The van der Waals surface area contributed by atoms with Gasteiger partial charge in [-0.15, -0.1) is 0 Å². The smallest absolute Gasteiger partial charge is 0.228 e. The first-order valence-corrected chi connectivity index (χ1v) is 6.88. The van der Waals surface area contributed by atoms with Crippen molar-refractivity contribution in [2.75, 3.05) is 33.9 Å². The molecule has 0 aromatic rings. The maximum absolute atomic E-state index is 12.6. The van der Waals surface area contributed by atoms with Crippen molar-refractivity contribution < 1.29 is 9.53 Å². The number of nitrogens with one attached hydrogen (secondary N) is 1. The minimum absolute atomic E-state index is 0.123. The molecule has 18 heavy (non-hydrogen) atoms. The molecule has 0 aliphatic carbocycles. The number of hydrogen-bond donors (Lipinski definition) is 1. The highest BCUT2D eigenvalue weighted by Gasteiger charge is 2.39. The maximum atomic E-state index is 12.6. The second-order valence-corrected chi connectivity index (χ2v) is 5.99. The fraction of sp³-hybridized carbons (Fsp3) is 0.929. The summed E-state index contributed by atoms with van der Waals surface area (Å²) in [5, 5.41) is 3.39. The zero-order valence-corrected chi connectivity index (χ0v) is 12.5. The van der Waals surface area contributed by atoms with E-state index in [2.05, 4.69) is 19.2 Å². The lowest BCUT2D eigenvalue weighted by atomic mass is 9.74. The molecule has 4 heteroatoms. The number of likely N-dealkylation sites (N-methyl/N-ethyl adjacent to an activating group) is 1. The van der Waals surface area contributed by atoms with E-state index in [1.807, 2.05) is 18.9 Å². The average Bonchev–Trinajstić information content (AvgIpc) is 2.38. The summed E-state index contributed by atoms with van der Waals surface area (Å²) in [6.45, 7) is 8.78. The van der Waals surface area contributed by atoms with Crippen LogP contribution in [0.15, 0.2) is 0 Å². The molecule has 1 fully saturated rings. The summed E-state index contributed by atoms with van der Waals surface area (Å²) in [5.74, 6) is 0.650. The van der Waals surface area contributed by atoms with Crippen LogP contribution in [0.25, 0.3) is 0 Å². The summed E-state index contributed by atoms with van der Waals surface area (Å²) in [5.41, 5.74) is -0.301. The molecule has 106 valence electrons. The normalized spacial score (nSPS) is 22.6. The van der Waals surface area contributed by atoms with Crippen LogP contribution in [0.1, 0.15) is 33.6 Å². The lowest BCUT2D eigenvalue weighted by Crippen LogP contribution is -2.50. The van der Waals surface area contributed by atoms with Crippen molar-refractivity contribution in [1.29, 1.82) is 0 Å². The van der Waals surface area contributed by atoms with Gasteiger partial charge < -0.3 is 15.0 Å². The molecular weight excluding hydrogens is 228 g/mol. The van der Waals surface area contributed by atoms with Crippen molar-refractivity contribution in [3.05, 3.63) is 0 Å². The minimum Gasteiger partial charge on any atom is -0.383 e. The molecule has 0 aromatic heterocycles. The molecule has 1 aliphatic rings. The van der Waals surface area contributed by atoms with Gasteiger partial charge in [0.05, 0.1) is 12.6 Å². The fourth-order valence-electron chi connectivity index (χ4n) is 2.65. The highest BCUT2D eigenvalue weighted by molar-refractivity contribution is 5.82. The minimum atomic E-state index is -0.301.